The predicted octanol–water partition coefficient (Wildman–Crippen LogP) is 3.56. The molecule has 0 atom stereocenters. The van der Waals surface area contributed by atoms with Crippen LogP contribution < -0.4 is 0 Å². The fourth-order valence-corrected chi connectivity index (χ4v) is 1.74. The van der Waals surface area contributed by atoms with Crippen molar-refractivity contribution in [3.8, 4) is 11.1 Å². The summed E-state index contributed by atoms with van der Waals surface area (Å²) in [5.74, 6) is -0.583. The molecule has 0 unspecified atom stereocenters. The van der Waals surface area contributed by atoms with Crippen molar-refractivity contribution in [1.29, 1.82) is 0 Å². The minimum Gasteiger partial charge on any atom is -0.461 e. The number of rotatable bonds is 3. The van der Waals surface area contributed by atoms with E-state index in [0.29, 0.717) is 0 Å². The minimum absolute atomic E-state index is 0.225. The number of hydrogen-bond acceptors (Lipinski definition) is 2. The van der Waals surface area contributed by atoms with Crippen molar-refractivity contribution in [3.63, 3.8) is 0 Å². The standard InChI is InChI=1S/C15H13FO2/c1-11(17)18-10-13-4-2-3-5-15(13)12-6-8-14(16)9-7-12/h2-9H,10H2,1H3. The van der Waals surface area contributed by atoms with Gasteiger partial charge >= 0.3 is 5.97 Å². The molecule has 2 aromatic rings. The third-order valence-electron chi connectivity index (χ3n) is 2.60. The summed E-state index contributed by atoms with van der Waals surface area (Å²) in [6.07, 6.45) is 0. The molecule has 2 rings (SSSR count). The Hall–Kier alpha value is -2.16. The molecule has 0 aliphatic carbocycles. The summed E-state index contributed by atoms with van der Waals surface area (Å²) in [6.45, 7) is 1.60. The first-order valence-corrected chi connectivity index (χ1v) is 5.64. The quantitative estimate of drug-likeness (QED) is 0.772. The monoisotopic (exact) mass is 244 g/mol. The second-order valence-electron chi connectivity index (χ2n) is 3.94. The molecule has 2 aromatic carbocycles. The number of esters is 1. The summed E-state index contributed by atoms with van der Waals surface area (Å²) in [5, 5.41) is 0. The van der Waals surface area contributed by atoms with Crippen molar-refractivity contribution in [2.24, 2.45) is 0 Å². The van der Waals surface area contributed by atoms with Gasteiger partial charge in [0, 0.05) is 6.92 Å². The van der Waals surface area contributed by atoms with Gasteiger partial charge in [-0.25, -0.2) is 4.39 Å². The van der Waals surface area contributed by atoms with Crippen LogP contribution in [-0.2, 0) is 16.1 Å². The van der Waals surface area contributed by atoms with E-state index in [9.17, 15) is 9.18 Å². The molecule has 0 radical (unpaired) electrons. The van der Waals surface area contributed by atoms with Gasteiger partial charge in [-0.1, -0.05) is 36.4 Å². The van der Waals surface area contributed by atoms with Gasteiger partial charge in [-0.2, -0.15) is 0 Å². The highest BCUT2D eigenvalue weighted by molar-refractivity contribution is 5.69. The van der Waals surface area contributed by atoms with E-state index in [-0.39, 0.29) is 18.4 Å². The topological polar surface area (TPSA) is 26.3 Å². The average Bonchev–Trinajstić information content (AvgIpc) is 2.38. The maximum atomic E-state index is 12.9. The maximum Gasteiger partial charge on any atom is 0.302 e. The van der Waals surface area contributed by atoms with Gasteiger partial charge < -0.3 is 4.74 Å². The Morgan fingerprint density at radius 1 is 1.11 bits per heavy atom. The van der Waals surface area contributed by atoms with E-state index < -0.39 is 0 Å². The lowest BCUT2D eigenvalue weighted by Crippen LogP contribution is -2.00. The van der Waals surface area contributed by atoms with E-state index >= 15 is 0 Å². The van der Waals surface area contributed by atoms with Crippen LogP contribution in [0.5, 0.6) is 0 Å². The maximum absolute atomic E-state index is 12.9. The summed E-state index contributed by atoms with van der Waals surface area (Å²) < 4.78 is 17.9. The number of ether oxygens (including phenoxy) is 1. The van der Waals surface area contributed by atoms with E-state index in [4.69, 9.17) is 4.74 Å². The Morgan fingerprint density at radius 3 is 2.44 bits per heavy atom. The molecule has 0 saturated carbocycles. The van der Waals surface area contributed by atoms with Crippen LogP contribution in [0, 0.1) is 5.82 Å². The van der Waals surface area contributed by atoms with Crippen molar-refractivity contribution in [1.82, 2.24) is 0 Å². The van der Waals surface area contributed by atoms with Gasteiger partial charge in [0.05, 0.1) is 0 Å². The number of carbonyl (C=O) groups is 1. The van der Waals surface area contributed by atoms with Crippen molar-refractivity contribution in [2.75, 3.05) is 0 Å². The first kappa shape index (κ1) is 12.3. The molecule has 0 amide bonds. The molecule has 0 fully saturated rings. The van der Waals surface area contributed by atoms with Gasteiger partial charge in [-0.05, 0) is 28.8 Å². The smallest absolute Gasteiger partial charge is 0.302 e. The summed E-state index contributed by atoms with van der Waals surface area (Å²) in [5.41, 5.74) is 2.75. The molecule has 0 aliphatic heterocycles. The van der Waals surface area contributed by atoms with Crippen LogP contribution in [0.3, 0.4) is 0 Å². The normalized spacial score (nSPS) is 10.1. The van der Waals surface area contributed by atoms with Gasteiger partial charge in [-0.15, -0.1) is 0 Å². The fourth-order valence-electron chi connectivity index (χ4n) is 1.74. The molecular weight excluding hydrogens is 231 g/mol. The summed E-state index contributed by atoms with van der Waals surface area (Å²) in [7, 11) is 0. The van der Waals surface area contributed by atoms with Gasteiger partial charge in [0.15, 0.2) is 0 Å². The molecule has 0 bridgehead atoms. The molecule has 0 aliphatic rings. The minimum atomic E-state index is -0.316. The Kier molecular flexibility index (Phi) is 3.72. The zero-order valence-electron chi connectivity index (χ0n) is 10.0. The first-order chi connectivity index (χ1) is 8.66. The van der Waals surface area contributed by atoms with Crippen LogP contribution in [0.25, 0.3) is 11.1 Å². The Labute approximate surface area is 105 Å². The van der Waals surface area contributed by atoms with Crippen molar-refractivity contribution in [3.05, 3.63) is 59.9 Å². The van der Waals surface area contributed by atoms with Gasteiger partial charge in [0.2, 0.25) is 0 Å². The van der Waals surface area contributed by atoms with Crippen LogP contribution in [-0.4, -0.2) is 5.97 Å². The molecular formula is C15H13FO2. The van der Waals surface area contributed by atoms with Gasteiger partial charge in [0.1, 0.15) is 12.4 Å². The Bertz CT molecular complexity index is 547. The first-order valence-electron chi connectivity index (χ1n) is 5.64. The van der Waals surface area contributed by atoms with Crippen LogP contribution in [0.2, 0.25) is 0 Å². The molecule has 0 N–H and O–H groups in total. The molecule has 0 spiro atoms. The molecule has 3 heteroatoms. The SMILES string of the molecule is CC(=O)OCc1ccccc1-c1ccc(F)cc1. The Morgan fingerprint density at radius 2 is 1.78 bits per heavy atom. The summed E-state index contributed by atoms with van der Waals surface area (Å²) in [6, 6.07) is 13.8. The molecule has 18 heavy (non-hydrogen) atoms. The second-order valence-corrected chi connectivity index (χ2v) is 3.94. The lowest BCUT2D eigenvalue weighted by Gasteiger charge is -2.09. The Balaban J connectivity index is 2.32. The van der Waals surface area contributed by atoms with E-state index in [1.807, 2.05) is 24.3 Å². The van der Waals surface area contributed by atoms with Gasteiger partial charge in [-0.3, -0.25) is 4.79 Å². The largest absolute Gasteiger partial charge is 0.461 e. The van der Waals surface area contributed by atoms with Crippen LogP contribution >= 0.6 is 0 Å². The number of hydrogen-bond donors (Lipinski definition) is 0. The van der Waals surface area contributed by atoms with Gasteiger partial charge in [0.25, 0.3) is 0 Å². The van der Waals surface area contributed by atoms with Crippen LogP contribution in [0.1, 0.15) is 12.5 Å². The number of halogens is 1. The lowest BCUT2D eigenvalue weighted by molar-refractivity contribution is -0.142. The van der Waals surface area contributed by atoms with E-state index in [1.165, 1.54) is 19.1 Å². The average molecular weight is 244 g/mol. The summed E-state index contributed by atoms with van der Waals surface area (Å²) >= 11 is 0. The van der Waals surface area contributed by atoms with Crippen LogP contribution in [0.15, 0.2) is 48.5 Å². The zero-order chi connectivity index (χ0) is 13.0. The highest BCUT2D eigenvalue weighted by Gasteiger charge is 2.06. The number of benzene rings is 2. The third kappa shape index (κ3) is 2.94. The van der Waals surface area contributed by atoms with Crippen molar-refractivity contribution < 1.29 is 13.9 Å². The second kappa shape index (κ2) is 5.45. The lowest BCUT2D eigenvalue weighted by atomic mass is 10.0. The van der Waals surface area contributed by atoms with Crippen molar-refractivity contribution in [2.45, 2.75) is 13.5 Å². The zero-order valence-corrected chi connectivity index (χ0v) is 10.0. The number of carbonyl (C=O) groups excluding carboxylic acids is 1. The van der Waals surface area contributed by atoms with Crippen molar-refractivity contribution >= 4 is 5.97 Å². The fraction of sp³-hybridized carbons (Fsp3) is 0.133. The molecule has 2 nitrogen and oxygen atoms in total. The predicted molar refractivity (Wildman–Crippen MR) is 67.3 cm³/mol. The van der Waals surface area contributed by atoms with E-state index in [2.05, 4.69) is 0 Å². The highest BCUT2D eigenvalue weighted by atomic mass is 19.1. The molecule has 0 aromatic heterocycles. The van der Waals surface area contributed by atoms with Crippen LogP contribution in [0.4, 0.5) is 4.39 Å². The van der Waals surface area contributed by atoms with E-state index in [0.717, 1.165) is 16.7 Å². The third-order valence-corrected chi connectivity index (χ3v) is 2.60. The van der Waals surface area contributed by atoms with E-state index in [1.54, 1.807) is 12.1 Å². The molecule has 92 valence electrons. The highest BCUT2D eigenvalue weighted by Crippen LogP contribution is 2.24. The molecule has 0 heterocycles. The summed E-state index contributed by atoms with van der Waals surface area (Å²) in [4.78, 5) is 10.8. The molecule has 0 saturated heterocycles.